The molecule has 5 nitrogen and oxygen atoms in total. The molecule has 0 atom stereocenters. The fraction of sp³-hybridized carbons (Fsp3) is 0. The van der Waals surface area contributed by atoms with Crippen molar-refractivity contribution in [2.75, 3.05) is 0 Å². The van der Waals surface area contributed by atoms with Gasteiger partial charge in [0.05, 0.1) is 11.0 Å². The van der Waals surface area contributed by atoms with Gasteiger partial charge in [0.1, 0.15) is 10.2 Å². The third kappa shape index (κ3) is 2.69. The van der Waals surface area contributed by atoms with E-state index in [2.05, 4.69) is 9.97 Å². The first-order valence-electron chi connectivity index (χ1n) is 4.04. The highest BCUT2D eigenvalue weighted by atomic mass is 35.5. The van der Waals surface area contributed by atoms with E-state index in [-0.39, 0.29) is 10.8 Å². The molecule has 0 aliphatic rings. The molecule has 82 valence electrons. The van der Waals surface area contributed by atoms with Crippen LogP contribution in [0.1, 0.15) is 0 Å². The van der Waals surface area contributed by atoms with Crippen LogP contribution in [0.2, 0.25) is 5.15 Å². The lowest BCUT2D eigenvalue weighted by molar-refractivity contribution is -0.385. The van der Waals surface area contributed by atoms with E-state index in [1.165, 1.54) is 35.2 Å². The average molecular weight is 274 g/mol. The molecule has 0 radical (unpaired) electrons. The highest BCUT2D eigenvalue weighted by molar-refractivity contribution is 8.01. The molecule has 0 saturated carbocycles. The zero-order valence-electron chi connectivity index (χ0n) is 7.66. The molecule has 2 aromatic rings. The van der Waals surface area contributed by atoms with Crippen molar-refractivity contribution in [2.45, 2.75) is 9.37 Å². The van der Waals surface area contributed by atoms with Crippen LogP contribution in [0.4, 0.5) is 5.69 Å². The molecule has 0 amide bonds. The minimum Gasteiger partial charge on any atom is -0.258 e. The van der Waals surface area contributed by atoms with Gasteiger partial charge in [-0.15, -0.1) is 11.3 Å². The number of hydrogen-bond donors (Lipinski definition) is 0. The number of halogens is 1. The smallest absolute Gasteiger partial charge is 0.258 e. The number of pyridine rings is 1. The maximum absolute atomic E-state index is 10.6. The van der Waals surface area contributed by atoms with Crippen molar-refractivity contribution in [3.63, 3.8) is 0 Å². The number of thiazole rings is 1. The molecule has 0 aromatic carbocycles. The minimum absolute atomic E-state index is 0.0703. The second-order valence-corrected chi connectivity index (χ2v) is 5.19. The second-order valence-electron chi connectivity index (χ2n) is 2.64. The predicted molar refractivity (Wildman–Crippen MR) is 62.1 cm³/mol. The van der Waals surface area contributed by atoms with Crippen molar-refractivity contribution in [1.82, 2.24) is 9.97 Å². The van der Waals surface area contributed by atoms with Crippen LogP contribution in [0.5, 0.6) is 0 Å². The standard InChI is InChI=1S/C8H4ClN3O2S2/c9-6-3-5(12(13)14)4-7(11-6)16-8-10-1-2-15-8/h1-4H. The lowest BCUT2D eigenvalue weighted by Gasteiger charge is -1.98. The summed E-state index contributed by atoms with van der Waals surface area (Å²) in [6, 6.07) is 2.59. The van der Waals surface area contributed by atoms with Crippen LogP contribution >= 0.6 is 34.7 Å². The van der Waals surface area contributed by atoms with Crippen molar-refractivity contribution < 1.29 is 4.92 Å². The van der Waals surface area contributed by atoms with Gasteiger partial charge in [0.2, 0.25) is 0 Å². The van der Waals surface area contributed by atoms with Gasteiger partial charge in [-0.05, 0) is 11.8 Å². The lowest BCUT2D eigenvalue weighted by atomic mass is 10.4. The van der Waals surface area contributed by atoms with Crippen LogP contribution in [0.25, 0.3) is 0 Å². The van der Waals surface area contributed by atoms with E-state index in [0.717, 1.165) is 4.34 Å². The summed E-state index contributed by atoms with van der Waals surface area (Å²) in [5.74, 6) is 0. The van der Waals surface area contributed by atoms with Crippen molar-refractivity contribution in [2.24, 2.45) is 0 Å². The van der Waals surface area contributed by atoms with Crippen LogP contribution in [-0.2, 0) is 0 Å². The van der Waals surface area contributed by atoms with Gasteiger partial charge in [-0.3, -0.25) is 10.1 Å². The largest absolute Gasteiger partial charge is 0.275 e. The molecule has 2 rings (SSSR count). The SMILES string of the molecule is O=[N+]([O-])c1cc(Cl)nc(Sc2nccs2)c1. The van der Waals surface area contributed by atoms with E-state index >= 15 is 0 Å². The molecule has 2 aromatic heterocycles. The third-order valence-electron chi connectivity index (χ3n) is 1.57. The van der Waals surface area contributed by atoms with Crippen LogP contribution in [0.15, 0.2) is 33.1 Å². The Kier molecular flexibility index (Phi) is 3.37. The maximum Gasteiger partial charge on any atom is 0.275 e. The fourth-order valence-corrected chi connectivity index (χ4v) is 2.81. The highest BCUT2D eigenvalue weighted by Gasteiger charge is 2.11. The Morgan fingerprint density at radius 1 is 1.50 bits per heavy atom. The van der Waals surface area contributed by atoms with Crippen molar-refractivity contribution in [3.05, 3.63) is 39.0 Å². The van der Waals surface area contributed by atoms with Crippen LogP contribution in [0.3, 0.4) is 0 Å². The highest BCUT2D eigenvalue weighted by Crippen LogP contribution is 2.31. The fourth-order valence-electron chi connectivity index (χ4n) is 0.968. The molecule has 0 unspecified atom stereocenters. The predicted octanol–water partition coefficient (Wildman–Crippen LogP) is 3.25. The molecule has 0 fully saturated rings. The van der Waals surface area contributed by atoms with Crippen LogP contribution in [0, 0.1) is 10.1 Å². The average Bonchev–Trinajstić information content (AvgIpc) is 2.69. The topological polar surface area (TPSA) is 68.9 Å². The Balaban J connectivity index is 2.31. The molecular weight excluding hydrogens is 270 g/mol. The van der Waals surface area contributed by atoms with Gasteiger partial charge in [0.15, 0.2) is 4.34 Å². The van der Waals surface area contributed by atoms with Gasteiger partial charge in [-0.2, -0.15) is 0 Å². The zero-order chi connectivity index (χ0) is 11.5. The molecule has 8 heteroatoms. The number of nitro groups is 1. The van der Waals surface area contributed by atoms with E-state index < -0.39 is 4.92 Å². The second kappa shape index (κ2) is 4.77. The molecule has 0 bridgehead atoms. The summed E-state index contributed by atoms with van der Waals surface area (Å²) >= 11 is 8.37. The van der Waals surface area contributed by atoms with Crippen LogP contribution in [-0.4, -0.2) is 14.9 Å². The third-order valence-corrected chi connectivity index (χ3v) is 3.56. The summed E-state index contributed by atoms with van der Waals surface area (Å²) in [4.78, 5) is 18.1. The molecular formula is C8H4ClN3O2S2. The number of hydrogen-bond acceptors (Lipinski definition) is 6. The van der Waals surface area contributed by atoms with E-state index in [9.17, 15) is 10.1 Å². The maximum atomic E-state index is 10.6. The van der Waals surface area contributed by atoms with E-state index in [4.69, 9.17) is 11.6 Å². The molecule has 16 heavy (non-hydrogen) atoms. The summed E-state index contributed by atoms with van der Waals surface area (Å²) in [6.07, 6.45) is 1.66. The van der Waals surface area contributed by atoms with Gasteiger partial charge in [-0.25, -0.2) is 9.97 Å². The molecule has 0 saturated heterocycles. The van der Waals surface area contributed by atoms with Crippen molar-refractivity contribution in [1.29, 1.82) is 0 Å². The zero-order valence-corrected chi connectivity index (χ0v) is 10.1. The first-order valence-corrected chi connectivity index (χ1v) is 6.12. The van der Waals surface area contributed by atoms with Crippen LogP contribution < -0.4 is 0 Å². The number of nitrogens with zero attached hydrogens (tertiary/aromatic N) is 3. The normalized spacial score (nSPS) is 10.3. The van der Waals surface area contributed by atoms with E-state index in [0.29, 0.717) is 5.03 Å². The molecule has 2 heterocycles. The van der Waals surface area contributed by atoms with E-state index in [1.807, 2.05) is 5.38 Å². The lowest BCUT2D eigenvalue weighted by Crippen LogP contribution is -1.90. The summed E-state index contributed by atoms with van der Waals surface area (Å²) in [6.45, 7) is 0. The Labute approximate surface area is 104 Å². The molecule has 0 aliphatic heterocycles. The van der Waals surface area contributed by atoms with Gasteiger partial charge in [-0.1, -0.05) is 11.6 Å². The minimum atomic E-state index is -0.501. The summed E-state index contributed by atoms with van der Waals surface area (Å²) in [5.41, 5.74) is -0.0703. The Morgan fingerprint density at radius 2 is 2.31 bits per heavy atom. The Hall–Kier alpha value is -1.18. The summed E-state index contributed by atoms with van der Waals surface area (Å²) in [5, 5.41) is 13.0. The molecule has 0 spiro atoms. The van der Waals surface area contributed by atoms with Gasteiger partial charge in [0, 0.05) is 17.6 Å². The summed E-state index contributed by atoms with van der Waals surface area (Å²) in [7, 11) is 0. The first-order chi connectivity index (χ1) is 7.65. The van der Waals surface area contributed by atoms with E-state index in [1.54, 1.807) is 6.20 Å². The Morgan fingerprint density at radius 3 is 2.94 bits per heavy atom. The molecule has 0 aliphatic carbocycles. The quantitative estimate of drug-likeness (QED) is 0.488. The Bertz CT molecular complexity index is 518. The van der Waals surface area contributed by atoms with Gasteiger partial charge in [0.25, 0.3) is 5.69 Å². The number of rotatable bonds is 3. The van der Waals surface area contributed by atoms with Gasteiger partial charge >= 0.3 is 0 Å². The number of aromatic nitrogens is 2. The van der Waals surface area contributed by atoms with Crippen molar-refractivity contribution >= 4 is 40.4 Å². The monoisotopic (exact) mass is 273 g/mol. The summed E-state index contributed by atoms with van der Waals surface area (Å²) < 4.78 is 0.768. The van der Waals surface area contributed by atoms with Crippen molar-refractivity contribution in [3.8, 4) is 0 Å². The molecule has 0 N–H and O–H groups in total. The first kappa shape index (κ1) is 11.3. The van der Waals surface area contributed by atoms with Gasteiger partial charge < -0.3 is 0 Å².